The van der Waals surface area contributed by atoms with Crippen LogP contribution in [0.15, 0.2) is 24.3 Å². The number of nitrogens with zero attached hydrogens (tertiary/aromatic N) is 3. The molecular formula is C13H11N3O2S. The van der Waals surface area contributed by atoms with Crippen LogP contribution in [0.5, 0.6) is 0 Å². The normalized spacial score (nSPS) is 11.1. The number of carboxylic acid groups (broad SMARTS) is 1. The summed E-state index contributed by atoms with van der Waals surface area (Å²) >= 11 is 1.14. The van der Waals surface area contributed by atoms with E-state index >= 15 is 0 Å². The zero-order valence-electron chi connectivity index (χ0n) is 10.4. The Morgan fingerprint density at radius 1 is 1.37 bits per heavy atom. The molecule has 0 radical (unpaired) electrons. The second kappa shape index (κ2) is 4.17. The van der Waals surface area contributed by atoms with E-state index in [1.165, 1.54) is 0 Å². The predicted octanol–water partition coefficient (Wildman–Crippen LogP) is 2.77. The van der Waals surface area contributed by atoms with Crippen molar-refractivity contribution in [1.29, 1.82) is 0 Å². The molecule has 1 aromatic carbocycles. The maximum absolute atomic E-state index is 11.0. The van der Waals surface area contributed by atoms with Crippen LogP contribution >= 0.6 is 11.3 Å². The second-order valence-corrected chi connectivity index (χ2v) is 5.30. The van der Waals surface area contributed by atoms with E-state index in [1.807, 2.05) is 31.2 Å². The molecule has 0 spiro atoms. The van der Waals surface area contributed by atoms with Crippen molar-refractivity contribution in [1.82, 2.24) is 14.6 Å². The summed E-state index contributed by atoms with van der Waals surface area (Å²) in [5.74, 6) is -0.318. The number of aromatic carboxylic acids is 1. The number of rotatable bonds is 2. The van der Waals surface area contributed by atoms with Gasteiger partial charge in [0.1, 0.15) is 4.88 Å². The molecule has 0 atom stereocenters. The van der Waals surface area contributed by atoms with Crippen molar-refractivity contribution in [2.75, 3.05) is 0 Å². The van der Waals surface area contributed by atoms with Crippen molar-refractivity contribution >= 4 is 22.3 Å². The van der Waals surface area contributed by atoms with Gasteiger partial charge in [-0.15, -0.1) is 5.10 Å². The lowest BCUT2D eigenvalue weighted by Gasteiger charge is -1.96. The zero-order chi connectivity index (χ0) is 13.6. The van der Waals surface area contributed by atoms with E-state index in [1.54, 1.807) is 11.4 Å². The number of carboxylic acids is 1. The lowest BCUT2D eigenvalue weighted by atomic mass is 10.1. The molecule has 0 unspecified atom stereocenters. The summed E-state index contributed by atoms with van der Waals surface area (Å²) < 4.78 is 1.59. The number of thiazole rings is 1. The van der Waals surface area contributed by atoms with Crippen molar-refractivity contribution in [2.24, 2.45) is 0 Å². The Labute approximate surface area is 113 Å². The molecule has 2 aromatic heterocycles. The minimum Gasteiger partial charge on any atom is -0.477 e. The third-order valence-electron chi connectivity index (χ3n) is 2.89. The van der Waals surface area contributed by atoms with Crippen molar-refractivity contribution in [3.63, 3.8) is 0 Å². The number of hydrogen-bond donors (Lipinski definition) is 1. The van der Waals surface area contributed by atoms with Crippen LogP contribution in [-0.4, -0.2) is 25.7 Å². The largest absolute Gasteiger partial charge is 0.477 e. The van der Waals surface area contributed by atoms with E-state index in [-0.39, 0.29) is 4.88 Å². The van der Waals surface area contributed by atoms with Crippen molar-refractivity contribution < 1.29 is 9.90 Å². The summed E-state index contributed by atoms with van der Waals surface area (Å²) in [5.41, 5.74) is 2.68. The molecular weight excluding hydrogens is 262 g/mol. The number of benzene rings is 1. The van der Waals surface area contributed by atoms with E-state index in [0.29, 0.717) is 16.5 Å². The third kappa shape index (κ3) is 1.90. The highest BCUT2D eigenvalue weighted by Gasteiger charge is 2.18. The summed E-state index contributed by atoms with van der Waals surface area (Å²) in [6, 6.07) is 7.91. The molecule has 19 heavy (non-hydrogen) atoms. The number of carbonyl (C=O) groups is 1. The van der Waals surface area contributed by atoms with E-state index < -0.39 is 5.97 Å². The number of fused-ring (bicyclic) bond motifs is 1. The van der Waals surface area contributed by atoms with Crippen LogP contribution in [0.25, 0.3) is 16.3 Å². The number of aromatic nitrogens is 3. The number of hydrogen-bond acceptors (Lipinski definition) is 4. The van der Waals surface area contributed by atoms with E-state index in [9.17, 15) is 4.79 Å². The second-order valence-electron chi connectivity index (χ2n) is 4.32. The van der Waals surface area contributed by atoms with Crippen LogP contribution in [0, 0.1) is 13.8 Å². The van der Waals surface area contributed by atoms with Gasteiger partial charge < -0.3 is 5.11 Å². The van der Waals surface area contributed by atoms with Crippen LogP contribution in [-0.2, 0) is 0 Å². The first-order chi connectivity index (χ1) is 9.06. The summed E-state index contributed by atoms with van der Waals surface area (Å²) in [5, 5.41) is 13.4. The lowest BCUT2D eigenvalue weighted by molar-refractivity contribution is 0.0701. The van der Waals surface area contributed by atoms with Crippen LogP contribution < -0.4 is 0 Å². The van der Waals surface area contributed by atoms with Gasteiger partial charge in [0, 0.05) is 5.56 Å². The van der Waals surface area contributed by atoms with Gasteiger partial charge in [-0.2, -0.15) is 4.98 Å². The van der Waals surface area contributed by atoms with Gasteiger partial charge in [0.15, 0.2) is 5.82 Å². The average molecular weight is 273 g/mol. The Kier molecular flexibility index (Phi) is 2.60. The molecule has 96 valence electrons. The molecule has 0 saturated carbocycles. The van der Waals surface area contributed by atoms with Crippen LogP contribution in [0.1, 0.15) is 20.9 Å². The Bertz CT molecular complexity index is 788. The molecule has 0 aliphatic rings. The first kappa shape index (κ1) is 11.9. The highest BCUT2D eigenvalue weighted by Crippen LogP contribution is 2.25. The molecule has 0 bridgehead atoms. The SMILES string of the molecule is Cc1cccc(-c2nc3sc(C(=O)O)c(C)n3n2)c1. The molecule has 5 nitrogen and oxygen atoms in total. The quantitative estimate of drug-likeness (QED) is 0.779. The molecule has 1 N–H and O–H groups in total. The van der Waals surface area contributed by atoms with Gasteiger partial charge in [-0.05, 0) is 19.9 Å². The zero-order valence-corrected chi connectivity index (χ0v) is 11.2. The molecule has 0 amide bonds. The fraction of sp³-hybridized carbons (Fsp3) is 0.154. The van der Waals surface area contributed by atoms with Crippen LogP contribution in [0.2, 0.25) is 0 Å². The first-order valence-corrected chi connectivity index (χ1v) is 6.54. The minimum absolute atomic E-state index is 0.283. The maximum Gasteiger partial charge on any atom is 0.347 e. The van der Waals surface area contributed by atoms with E-state index in [0.717, 1.165) is 22.5 Å². The molecule has 2 heterocycles. The molecule has 0 aliphatic heterocycles. The minimum atomic E-state index is -0.938. The van der Waals surface area contributed by atoms with Gasteiger partial charge in [-0.25, -0.2) is 9.31 Å². The molecule has 3 aromatic rings. The fourth-order valence-electron chi connectivity index (χ4n) is 1.95. The monoisotopic (exact) mass is 273 g/mol. The summed E-state index contributed by atoms with van der Waals surface area (Å²) in [4.78, 5) is 16.3. The summed E-state index contributed by atoms with van der Waals surface area (Å²) in [6.45, 7) is 3.75. The van der Waals surface area contributed by atoms with Gasteiger partial charge in [-0.3, -0.25) is 0 Å². The first-order valence-electron chi connectivity index (χ1n) is 5.73. The van der Waals surface area contributed by atoms with Crippen molar-refractivity contribution in [3.8, 4) is 11.4 Å². The summed E-state index contributed by atoms with van der Waals surface area (Å²) in [7, 11) is 0. The van der Waals surface area contributed by atoms with Gasteiger partial charge >= 0.3 is 5.97 Å². The van der Waals surface area contributed by atoms with Crippen molar-refractivity contribution in [2.45, 2.75) is 13.8 Å². The lowest BCUT2D eigenvalue weighted by Crippen LogP contribution is -1.98. The van der Waals surface area contributed by atoms with E-state index in [4.69, 9.17) is 5.11 Å². The molecule has 0 saturated heterocycles. The standard InChI is InChI=1S/C13H11N3O2S/c1-7-4-3-5-9(6-7)11-14-13-16(15-11)8(2)10(19-13)12(17)18/h3-6H,1-2H3,(H,17,18). The van der Waals surface area contributed by atoms with E-state index in [2.05, 4.69) is 10.1 Å². The smallest absolute Gasteiger partial charge is 0.347 e. The predicted molar refractivity (Wildman–Crippen MR) is 72.7 cm³/mol. The van der Waals surface area contributed by atoms with Gasteiger partial charge in [0.05, 0.1) is 5.69 Å². The van der Waals surface area contributed by atoms with Gasteiger partial charge in [0.2, 0.25) is 4.96 Å². The maximum atomic E-state index is 11.0. The Hall–Kier alpha value is -2.21. The van der Waals surface area contributed by atoms with Gasteiger partial charge in [-0.1, -0.05) is 35.1 Å². The number of aryl methyl sites for hydroxylation is 2. The summed E-state index contributed by atoms with van der Waals surface area (Å²) in [6.07, 6.45) is 0. The Morgan fingerprint density at radius 3 is 2.79 bits per heavy atom. The van der Waals surface area contributed by atoms with Gasteiger partial charge in [0.25, 0.3) is 0 Å². The topological polar surface area (TPSA) is 67.5 Å². The average Bonchev–Trinajstić information content (AvgIpc) is 2.89. The molecule has 6 heteroatoms. The highest BCUT2D eigenvalue weighted by atomic mass is 32.1. The fourth-order valence-corrected chi connectivity index (χ4v) is 2.85. The van der Waals surface area contributed by atoms with Crippen LogP contribution in [0.4, 0.5) is 0 Å². The molecule has 0 aliphatic carbocycles. The molecule has 3 rings (SSSR count). The van der Waals surface area contributed by atoms with Crippen molar-refractivity contribution in [3.05, 3.63) is 40.4 Å². The Morgan fingerprint density at radius 2 is 2.16 bits per heavy atom. The third-order valence-corrected chi connectivity index (χ3v) is 4.01. The van der Waals surface area contributed by atoms with Crippen LogP contribution in [0.3, 0.4) is 0 Å². The Balaban J connectivity index is 2.16. The molecule has 0 fully saturated rings. The highest BCUT2D eigenvalue weighted by molar-refractivity contribution is 7.18.